The SMILES string of the molecule is NC(=S)Nc1cccc(C(=O)N2CCC(N3C(=O)O[C@@H]4Cc5ccccc5[C@@H]43)CC2)c1. The minimum Gasteiger partial charge on any atom is -0.443 e. The van der Waals surface area contributed by atoms with Crippen LogP contribution in [-0.2, 0) is 11.2 Å². The predicted octanol–water partition coefficient (Wildman–Crippen LogP) is 3.06. The number of nitrogens with two attached hydrogens (primary N) is 1. The van der Waals surface area contributed by atoms with Gasteiger partial charge in [-0.3, -0.25) is 9.69 Å². The van der Waals surface area contributed by atoms with Crippen LogP contribution in [0.2, 0.25) is 0 Å². The second-order valence-electron chi connectivity index (χ2n) is 8.27. The summed E-state index contributed by atoms with van der Waals surface area (Å²) in [6, 6.07) is 15.5. The number of benzene rings is 2. The van der Waals surface area contributed by atoms with E-state index in [2.05, 4.69) is 17.4 Å². The summed E-state index contributed by atoms with van der Waals surface area (Å²) in [5.74, 6) is -0.0295. The summed E-state index contributed by atoms with van der Waals surface area (Å²) in [6.07, 6.45) is 1.91. The average Bonchev–Trinajstić information content (AvgIpc) is 3.27. The topological polar surface area (TPSA) is 87.9 Å². The van der Waals surface area contributed by atoms with Gasteiger partial charge >= 0.3 is 6.09 Å². The van der Waals surface area contributed by atoms with Crippen LogP contribution in [0.15, 0.2) is 48.5 Å². The first-order valence-corrected chi connectivity index (χ1v) is 10.9. The molecule has 0 radical (unpaired) electrons. The summed E-state index contributed by atoms with van der Waals surface area (Å²) < 4.78 is 5.70. The second-order valence-corrected chi connectivity index (χ2v) is 8.71. The number of likely N-dealkylation sites (tertiary alicyclic amines) is 1. The zero-order valence-electron chi connectivity index (χ0n) is 17.0. The number of fused-ring (bicyclic) bond motifs is 3. The first kappa shape index (κ1) is 19.8. The molecule has 5 rings (SSSR count). The summed E-state index contributed by atoms with van der Waals surface area (Å²) >= 11 is 4.87. The van der Waals surface area contributed by atoms with E-state index >= 15 is 0 Å². The van der Waals surface area contributed by atoms with E-state index in [1.807, 2.05) is 28.0 Å². The third-order valence-electron chi connectivity index (χ3n) is 6.43. The number of nitrogens with one attached hydrogen (secondary N) is 1. The van der Waals surface area contributed by atoms with E-state index in [-0.39, 0.29) is 35.3 Å². The van der Waals surface area contributed by atoms with Gasteiger partial charge in [0.15, 0.2) is 5.11 Å². The van der Waals surface area contributed by atoms with Gasteiger partial charge in [-0.05, 0) is 54.4 Å². The summed E-state index contributed by atoms with van der Waals surface area (Å²) in [7, 11) is 0. The van der Waals surface area contributed by atoms with Crippen LogP contribution < -0.4 is 11.1 Å². The Kier molecular flexibility index (Phi) is 5.02. The maximum Gasteiger partial charge on any atom is 0.411 e. The van der Waals surface area contributed by atoms with E-state index in [1.54, 1.807) is 18.2 Å². The molecule has 31 heavy (non-hydrogen) atoms. The molecular formula is C23H24N4O3S. The molecule has 0 saturated carbocycles. The predicted molar refractivity (Wildman–Crippen MR) is 121 cm³/mol. The molecule has 3 aliphatic rings. The fourth-order valence-electron chi connectivity index (χ4n) is 5.05. The molecule has 2 aromatic rings. The molecule has 1 aliphatic carbocycles. The minimum absolute atomic E-state index is 0.0150. The Labute approximate surface area is 186 Å². The smallest absolute Gasteiger partial charge is 0.411 e. The Balaban J connectivity index is 1.27. The third kappa shape index (κ3) is 3.61. The highest BCUT2D eigenvalue weighted by atomic mass is 32.1. The van der Waals surface area contributed by atoms with Gasteiger partial charge in [0.2, 0.25) is 0 Å². The summed E-state index contributed by atoms with van der Waals surface area (Å²) in [4.78, 5) is 29.4. The molecule has 2 aliphatic heterocycles. The molecule has 2 aromatic carbocycles. The summed E-state index contributed by atoms with van der Waals surface area (Å²) in [5, 5.41) is 3.02. The zero-order valence-corrected chi connectivity index (χ0v) is 17.8. The van der Waals surface area contributed by atoms with Crippen LogP contribution in [-0.4, -0.2) is 52.1 Å². The van der Waals surface area contributed by atoms with E-state index in [0.717, 1.165) is 19.3 Å². The fourth-order valence-corrected chi connectivity index (χ4v) is 5.17. The van der Waals surface area contributed by atoms with Crippen LogP contribution in [0.5, 0.6) is 0 Å². The molecule has 0 unspecified atom stereocenters. The minimum atomic E-state index is -0.231. The zero-order chi connectivity index (χ0) is 21.5. The molecule has 0 aromatic heterocycles. The maximum atomic E-state index is 13.0. The van der Waals surface area contributed by atoms with Gasteiger partial charge in [0.1, 0.15) is 6.10 Å². The van der Waals surface area contributed by atoms with Gasteiger partial charge in [-0.2, -0.15) is 0 Å². The molecule has 2 fully saturated rings. The number of carbonyl (C=O) groups is 2. The maximum absolute atomic E-state index is 13.0. The van der Waals surface area contributed by atoms with Gasteiger partial charge in [0, 0.05) is 36.8 Å². The van der Waals surface area contributed by atoms with Crippen molar-refractivity contribution in [1.29, 1.82) is 0 Å². The largest absolute Gasteiger partial charge is 0.443 e. The number of anilines is 1. The Morgan fingerprint density at radius 2 is 1.90 bits per heavy atom. The Bertz CT molecular complexity index is 1050. The standard InChI is InChI=1S/C23H24N4O3S/c24-22(31)25-16-6-3-5-15(12-16)21(28)26-10-8-17(9-11-26)27-20-18-7-2-1-4-14(18)13-19(20)30-23(27)29/h1-7,12,17,19-20H,8-11,13H2,(H3,24,25,31)/t19-,20+/m1/s1. The van der Waals surface area contributed by atoms with E-state index in [0.29, 0.717) is 24.3 Å². The van der Waals surface area contributed by atoms with Gasteiger partial charge in [-0.15, -0.1) is 0 Å². The lowest BCUT2D eigenvalue weighted by Gasteiger charge is -2.38. The van der Waals surface area contributed by atoms with Crippen LogP contribution >= 0.6 is 12.2 Å². The quantitative estimate of drug-likeness (QED) is 0.719. The number of carbonyl (C=O) groups excluding carboxylic acids is 2. The second kappa shape index (κ2) is 7.85. The first-order chi connectivity index (χ1) is 15.0. The normalized spacial score (nSPS) is 22.6. The lowest BCUT2D eigenvalue weighted by molar-refractivity contribution is 0.0636. The number of piperidine rings is 1. The molecule has 3 N–H and O–H groups in total. The van der Waals surface area contributed by atoms with Crippen molar-refractivity contribution in [2.45, 2.75) is 37.5 Å². The molecule has 8 heteroatoms. The highest BCUT2D eigenvalue weighted by Crippen LogP contribution is 2.44. The molecule has 2 amide bonds. The van der Waals surface area contributed by atoms with E-state index in [1.165, 1.54) is 11.1 Å². The van der Waals surface area contributed by atoms with Crippen LogP contribution in [0, 0.1) is 0 Å². The highest BCUT2D eigenvalue weighted by Gasteiger charge is 2.50. The van der Waals surface area contributed by atoms with Crippen LogP contribution in [0.25, 0.3) is 0 Å². The number of rotatable bonds is 3. The molecule has 2 heterocycles. The van der Waals surface area contributed by atoms with Crippen LogP contribution in [0.3, 0.4) is 0 Å². The van der Waals surface area contributed by atoms with Gasteiger partial charge in [-0.1, -0.05) is 30.3 Å². The summed E-state index contributed by atoms with van der Waals surface area (Å²) in [5.41, 5.74) is 9.26. The van der Waals surface area contributed by atoms with Crippen LogP contribution in [0.1, 0.15) is 40.4 Å². The van der Waals surface area contributed by atoms with Crippen LogP contribution in [0.4, 0.5) is 10.5 Å². The monoisotopic (exact) mass is 436 g/mol. The lowest BCUT2D eigenvalue weighted by atomic mass is 9.98. The number of hydrogen-bond acceptors (Lipinski definition) is 4. The number of ether oxygens (including phenoxy) is 1. The Morgan fingerprint density at radius 3 is 2.68 bits per heavy atom. The molecular weight excluding hydrogens is 412 g/mol. The van der Waals surface area contributed by atoms with Crippen molar-refractivity contribution in [3.8, 4) is 0 Å². The Hall–Kier alpha value is -3.13. The summed E-state index contributed by atoms with van der Waals surface area (Å²) in [6.45, 7) is 1.19. The average molecular weight is 437 g/mol. The van der Waals surface area contributed by atoms with Gasteiger partial charge < -0.3 is 20.7 Å². The van der Waals surface area contributed by atoms with Crippen molar-refractivity contribution in [3.05, 3.63) is 65.2 Å². The molecule has 2 saturated heterocycles. The third-order valence-corrected chi connectivity index (χ3v) is 6.53. The molecule has 2 atom stereocenters. The number of thiocarbonyl (C=S) groups is 1. The lowest BCUT2D eigenvalue weighted by Crippen LogP contribution is -2.47. The van der Waals surface area contributed by atoms with Gasteiger partial charge in [-0.25, -0.2) is 4.79 Å². The Morgan fingerprint density at radius 1 is 1.13 bits per heavy atom. The van der Waals surface area contributed by atoms with Gasteiger partial charge in [0.25, 0.3) is 5.91 Å². The van der Waals surface area contributed by atoms with Gasteiger partial charge in [0.05, 0.1) is 6.04 Å². The number of amides is 2. The molecule has 7 nitrogen and oxygen atoms in total. The van der Waals surface area contributed by atoms with Crippen molar-refractivity contribution < 1.29 is 14.3 Å². The number of hydrogen-bond donors (Lipinski definition) is 2. The van der Waals surface area contributed by atoms with Crippen molar-refractivity contribution in [3.63, 3.8) is 0 Å². The molecule has 160 valence electrons. The fraction of sp³-hybridized carbons (Fsp3) is 0.348. The number of nitrogens with zero attached hydrogens (tertiary/aromatic N) is 2. The van der Waals surface area contributed by atoms with Crippen molar-refractivity contribution in [1.82, 2.24) is 9.80 Å². The highest BCUT2D eigenvalue weighted by molar-refractivity contribution is 7.80. The molecule has 0 spiro atoms. The molecule has 0 bridgehead atoms. The van der Waals surface area contributed by atoms with E-state index in [9.17, 15) is 9.59 Å². The van der Waals surface area contributed by atoms with E-state index in [4.69, 9.17) is 22.7 Å². The van der Waals surface area contributed by atoms with Crippen molar-refractivity contribution in [2.75, 3.05) is 18.4 Å². The first-order valence-electron chi connectivity index (χ1n) is 10.5. The van der Waals surface area contributed by atoms with Crippen molar-refractivity contribution >= 4 is 35.0 Å². The van der Waals surface area contributed by atoms with E-state index < -0.39 is 0 Å². The van der Waals surface area contributed by atoms with Crippen molar-refractivity contribution in [2.24, 2.45) is 5.73 Å².